The van der Waals surface area contributed by atoms with Crippen molar-refractivity contribution in [2.45, 2.75) is 32.4 Å². The van der Waals surface area contributed by atoms with E-state index in [0.717, 1.165) is 12.2 Å². The summed E-state index contributed by atoms with van der Waals surface area (Å²) in [7, 11) is 1.94. The van der Waals surface area contributed by atoms with Gasteiger partial charge in [0.25, 0.3) is 0 Å². The molecule has 20 heavy (non-hydrogen) atoms. The Morgan fingerprint density at radius 3 is 2.65 bits per heavy atom. The number of nitrogens with zero attached hydrogens (tertiary/aromatic N) is 2. The molecule has 0 aliphatic rings. The molecule has 0 aliphatic carbocycles. The maximum absolute atomic E-state index is 5.82. The third kappa shape index (κ3) is 4.10. The molecular weight excluding hydrogens is 250 g/mol. The van der Waals surface area contributed by atoms with Gasteiger partial charge in [0.05, 0.1) is 6.20 Å². The lowest BCUT2D eigenvalue weighted by atomic mass is 10.1. The van der Waals surface area contributed by atoms with E-state index in [1.54, 1.807) is 0 Å². The van der Waals surface area contributed by atoms with Gasteiger partial charge in [0.2, 0.25) is 0 Å². The molecule has 0 bridgehead atoms. The summed E-state index contributed by atoms with van der Waals surface area (Å²) in [6.45, 7) is 5.00. The molecule has 0 spiro atoms. The summed E-state index contributed by atoms with van der Waals surface area (Å²) in [5, 5.41) is 7.80. The molecule has 0 radical (unpaired) electrons. The Bertz CT molecular complexity index is 509. The van der Waals surface area contributed by atoms with E-state index in [4.69, 9.17) is 4.74 Å². The maximum atomic E-state index is 5.82. The highest BCUT2D eigenvalue weighted by atomic mass is 16.5. The molecule has 1 aromatic carbocycles. The lowest BCUT2D eigenvalue weighted by Gasteiger charge is -2.22. The van der Waals surface area contributed by atoms with Crippen LogP contribution in [0.3, 0.4) is 0 Å². The summed E-state index contributed by atoms with van der Waals surface area (Å²) < 4.78 is 7.65. The molecule has 0 amide bonds. The van der Waals surface area contributed by atoms with Crippen molar-refractivity contribution in [1.82, 2.24) is 15.1 Å². The molecule has 4 heteroatoms. The van der Waals surface area contributed by atoms with Crippen molar-refractivity contribution in [1.29, 1.82) is 0 Å². The highest BCUT2D eigenvalue weighted by Gasteiger charge is 2.13. The molecule has 108 valence electrons. The predicted octanol–water partition coefficient (Wildman–Crippen LogP) is 2.93. The van der Waals surface area contributed by atoms with E-state index < -0.39 is 0 Å². The molecule has 1 aromatic heterocycles. The number of rotatable bonds is 7. The number of nitrogens with one attached hydrogen (secondary N) is 1. The molecule has 4 nitrogen and oxygen atoms in total. The molecule has 2 aromatic rings. The average molecular weight is 273 g/mol. The quantitative estimate of drug-likeness (QED) is 0.843. The zero-order chi connectivity index (χ0) is 14.4. The van der Waals surface area contributed by atoms with Crippen LogP contribution in [0.1, 0.15) is 31.9 Å². The number of aromatic nitrogens is 2. The Hall–Kier alpha value is -1.81. The third-order valence-electron chi connectivity index (χ3n) is 3.40. The van der Waals surface area contributed by atoms with Crippen molar-refractivity contribution in [2.24, 2.45) is 7.05 Å². The van der Waals surface area contributed by atoms with Crippen LogP contribution in [-0.4, -0.2) is 22.4 Å². The highest BCUT2D eigenvalue weighted by Crippen LogP contribution is 2.14. The fourth-order valence-corrected chi connectivity index (χ4v) is 2.11. The minimum absolute atomic E-state index is 0.271. The predicted molar refractivity (Wildman–Crippen MR) is 80.8 cm³/mol. The summed E-state index contributed by atoms with van der Waals surface area (Å²) in [6, 6.07) is 10.5. The Balaban J connectivity index is 1.85. The Morgan fingerprint density at radius 1 is 1.30 bits per heavy atom. The summed E-state index contributed by atoms with van der Waals surface area (Å²) in [5.41, 5.74) is 1.20. The van der Waals surface area contributed by atoms with Crippen LogP contribution >= 0.6 is 0 Å². The monoisotopic (exact) mass is 273 g/mol. The van der Waals surface area contributed by atoms with Crippen LogP contribution in [0.15, 0.2) is 42.7 Å². The summed E-state index contributed by atoms with van der Waals surface area (Å²) in [4.78, 5) is 0. The van der Waals surface area contributed by atoms with E-state index in [0.29, 0.717) is 12.6 Å². The zero-order valence-corrected chi connectivity index (χ0v) is 12.4. The number of aryl methyl sites for hydroxylation is 1. The molecule has 0 aliphatic heterocycles. The van der Waals surface area contributed by atoms with Gasteiger partial charge in [0, 0.05) is 30.9 Å². The standard InChI is InChI=1S/C16H23N3O/c1-4-15(12-20-16-8-6-5-7-9-16)18-13(2)14-10-17-19(3)11-14/h5-11,13,15,18H,4,12H2,1-3H3/t13-,15+/m0/s1. The minimum atomic E-state index is 0.271. The fourth-order valence-electron chi connectivity index (χ4n) is 2.11. The summed E-state index contributed by atoms with van der Waals surface area (Å²) in [6.07, 6.45) is 4.97. The van der Waals surface area contributed by atoms with Gasteiger partial charge in [0.15, 0.2) is 0 Å². The van der Waals surface area contributed by atoms with Gasteiger partial charge in [0.1, 0.15) is 12.4 Å². The topological polar surface area (TPSA) is 39.1 Å². The molecule has 1 N–H and O–H groups in total. The van der Waals surface area contributed by atoms with E-state index in [-0.39, 0.29) is 6.04 Å². The first kappa shape index (κ1) is 14.6. The van der Waals surface area contributed by atoms with Crippen molar-refractivity contribution in [2.75, 3.05) is 6.61 Å². The van der Waals surface area contributed by atoms with Crippen LogP contribution in [0.4, 0.5) is 0 Å². The van der Waals surface area contributed by atoms with Crippen molar-refractivity contribution in [3.63, 3.8) is 0 Å². The number of benzene rings is 1. The smallest absolute Gasteiger partial charge is 0.119 e. The SMILES string of the molecule is CC[C@H](COc1ccccc1)N[C@@H](C)c1cnn(C)c1. The highest BCUT2D eigenvalue weighted by molar-refractivity contribution is 5.21. The first-order valence-electron chi connectivity index (χ1n) is 7.11. The van der Waals surface area contributed by atoms with Crippen LogP contribution in [0, 0.1) is 0 Å². The van der Waals surface area contributed by atoms with E-state index in [1.807, 2.05) is 54.5 Å². The maximum Gasteiger partial charge on any atom is 0.119 e. The van der Waals surface area contributed by atoms with Gasteiger partial charge in [-0.2, -0.15) is 5.10 Å². The fraction of sp³-hybridized carbons (Fsp3) is 0.438. The van der Waals surface area contributed by atoms with Gasteiger partial charge >= 0.3 is 0 Å². The number of hydrogen-bond donors (Lipinski definition) is 1. The van der Waals surface area contributed by atoms with Crippen LogP contribution < -0.4 is 10.1 Å². The molecule has 1 heterocycles. The third-order valence-corrected chi connectivity index (χ3v) is 3.40. The van der Waals surface area contributed by atoms with Gasteiger partial charge in [-0.25, -0.2) is 0 Å². The Morgan fingerprint density at radius 2 is 2.05 bits per heavy atom. The Labute approximate surface area is 120 Å². The van der Waals surface area contributed by atoms with Crippen molar-refractivity contribution in [3.8, 4) is 5.75 Å². The van der Waals surface area contributed by atoms with Crippen LogP contribution in [0.2, 0.25) is 0 Å². The molecule has 2 atom stereocenters. The van der Waals surface area contributed by atoms with E-state index in [1.165, 1.54) is 5.56 Å². The zero-order valence-electron chi connectivity index (χ0n) is 12.4. The van der Waals surface area contributed by atoms with Gasteiger partial charge in [-0.1, -0.05) is 25.1 Å². The van der Waals surface area contributed by atoms with Crippen LogP contribution in [0.5, 0.6) is 5.75 Å². The van der Waals surface area contributed by atoms with Gasteiger partial charge in [-0.05, 0) is 25.5 Å². The summed E-state index contributed by atoms with van der Waals surface area (Å²) in [5.74, 6) is 0.918. The van der Waals surface area contributed by atoms with Gasteiger partial charge in [-0.15, -0.1) is 0 Å². The van der Waals surface area contributed by atoms with Crippen molar-refractivity contribution in [3.05, 3.63) is 48.3 Å². The largest absolute Gasteiger partial charge is 0.492 e. The molecular formula is C16H23N3O. The lowest BCUT2D eigenvalue weighted by Crippen LogP contribution is -2.35. The number of hydrogen-bond acceptors (Lipinski definition) is 3. The van der Waals surface area contributed by atoms with Crippen molar-refractivity contribution >= 4 is 0 Å². The summed E-state index contributed by atoms with van der Waals surface area (Å²) >= 11 is 0. The average Bonchev–Trinajstić information content (AvgIpc) is 2.91. The second-order valence-corrected chi connectivity index (χ2v) is 5.06. The first-order valence-corrected chi connectivity index (χ1v) is 7.11. The van der Waals surface area contributed by atoms with E-state index in [2.05, 4.69) is 24.3 Å². The van der Waals surface area contributed by atoms with E-state index in [9.17, 15) is 0 Å². The second kappa shape index (κ2) is 7.10. The Kier molecular flexibility index (Phi) is 5.18. The molecule has 0 fully saturated rings. The molecule has 2 rings (SSSR count). The lowest BCUT2D eigenvalue weighted by molar-refractivity contribution is 0.250. The molecule has 0 saturated carbocycles. The normalized spacial score (nSPS) is 13.9. The first-order chi connectivity index (χ1) is 9.69. The molecule has 0 unspecified atom stereocenters. The van der Waals surface area contributed by atoms with Crippen LogP contribution in [0.25, 0.3) is 0 Å². The number of ether oxygens (including phenoxy) is 1. The second-order valence-electron chi connectivity index (χ2n) is 5.06. The van der Waals surface area contributed by atoms with Crippen LogP contribution in [-0.2, 0) is 7.05 Å². The number of para-hydroxylation sites is 1. The minimum Gasteiger partial charge on any atom is -0.492 e. The molecule has 0 saturated heterocycles. The van der Waals surface area contributed by atoms with Gasteiger partial charge < -0.3 is 10.1 Å². The van der Waals surface area contributed by atoms with Crippen molar-refractivity contribution < 1.29 is 4.74 Å². The van der Waals surface area contributed by atoms with Gasteiger partial charge in [-0.3, -0.25) is 4.68 Å². The van der Waals surface area contributed by atoms with E-state index >= 15 is 0 Å².